The van der Waals surface area contributed by atoms with Crippen molar-refractivity contribution in [2.24, 2.45) is 0 Å². The number of carbonyl (C=O) groups excluding carboxylic acids is 1. The van der Waals surface area contributed by atoms with Gasteiger partial charge in [-0.2, -0.15) is 0 Å². The number of carbonyl (C=O) groups is 1. The number of benzene rings is 1. The molecule has 0 amide bonds. The van der Waals surface area contributed by atoms with Crippen LogP contribution in [0, 0.1) is 6.92 Å². The molecule has 0 atom stereocenters. The molecule has 0 radical (unpaired) electrons. The van der Waals surface area contributed by atoms with Gasteiger partial charge in [0.1, 0.15) is 11.4 Å². The maximum atomic E-state index is 11.4. The molecule has 20 heavy (non-hydrogen) atoms. The molecule has 1 aliphatic rings. The first-order chi connectivity index (χ1) is 9.76. The van der Waals surface area contributed by atoms with Crippen LogP contribution >= 0.6 is 11.3 Å². The van der Waals surface area contributed by atoms with Gasteiger partial charge >= 0.3 is 0 Å². The van der Waals surface area contributed by atoms with Gasteiger partial charge in [-0.05, 0) is 25.1 Å². The van der Waals surface area contributed by atoms with Crippen LogP contribution in [0.25, 0.3) is 16.2 Å². The molecule has 0 fully saturated rings. The zero-order chi connectivity index (χ0) is 13.7. The van der Waals surface area contributed by atoms with E-state index in [9.17, 15) is 4.79 Å². The molecule has 5 nitrogen and oxygen atoms in total. The Morgan fingerprint density at radius 1 is 1.35 bits per heavy atom. The van der Waals surface area contributed by atoms with Crippen molar-refractivity contribution in [3.63, 3.8) is 0 Å². The van der Waals surface area contributed by atoms with Crippen LogP contribution in [0.4, 0.5) is 0 Å². The summed E-state index contributed by atoms with van der Waals surface area (Å²) in [4.78, 5) is 17.9. The van der Waals surface area contributed by atoms with E-state index in [-0.39, 0.29) is 6.79 Å². The Morgan fingerprint density at radius 2 is 2.20 bits per heavy atom. The van der Waals surface area contributed by atoms with Gasteiger partial charge in [-0.3, -0.25) is 9.20 Å². The third kappa shape index (κ3) is 1.55. The monoisotopic (exact) mass is 286 g/mol. The van der Waals surface area contributed by atoms with Gasteiger partial charge < -0.3 is 9.47 Å². The van der Waals surface area contributed by atoms with E-state index >= 15 is 0 Å². The van der Waals surface area contributed by atoms with E-state index in [1.807, 2.05) is 35.7 Å². The van der Waals surface area contributed by atoms with Gasteiger partial charge in [-0.1, -0.05) is 0 Å². The van der Waals surface area contributed by atoms with Gasteiger partial charge in [-0.25, -0.2) is 4.98 Å². The predicted octanol–water partition coefficient (Wildman–Crippen LogP) is 2.91. The van der Waals surface area contributed by atoms with Gasteiger partial charge in [0.05, 0.1) is 0 Å². The summed E-state index contributed by atoms with van der Waals surface area (Å²) in [6.45, 7) is 2.23. The van der Waals surface area contributed by atoms with Crippen molar-refractivity contribution in [1.82, 2.24) is 9.38 Å². The van der Waals surface area contributed by atoms with Gasteiger partial charge in [0.2, 0.25) is 6.79 Å². The Bertz CT molecular complexity index is 834. The molecule has 0 saturated heterocycles. The highest BCUT2D eigenvalue weighted by Crippen LogP contribution is 2.37. The average Bonchev–Trinajstić information content (AvgIpc) is 3.10. The summed E-state index contributed by atoms with van der Waals surface area (Å²) in [5.41, 5.74) is 2.08. The standard InChI is InChI=1S/C14H10N2O3S/c1-8-5-16-10(6-17)13(15-14(16)20-8)9-2-3-11-12(4-9)19-7-18-11/h2-6H,7H2,1H3. The first-order valence-corrected chi connectivity index (χ1v) is 6.91. The topological polar surface area (TPSA) is 52.8 Å². The molecular formula is C14H10N2O3S. The molecule has 4 rings (SSSR count). The fourth-order valence-electron chi connectivity index (χ4n) is 2.34. The zero-order valence-electron chi connectivity index (χ0n) is 10.6. The van der Waals surface area contributed by atoms with Crippen LogP contribution in [0.15, 0.2) is 24.4 Å². The van der Waals surface area contributed by atoms with E-state index < -0.39 is 0 Å². The van der Waals surface area contributed by atoms with Crippen LogP contribution < -0.4 is 9.47 Å². The number of rotatable bonds is 2. The van der Waals surface area contributed by atoms with Crippen LogP contribution in [-0.4, -0.2) is 22.5 Å². The lowest BCUT2D eigenvalue weighted by atomic mass is 10.1. The first-order valence-electron chi connectivity index (χ1n) is 6.10. The second-order valence-corrected chi connectivity index (χ2v) is 5.74. The third-order valence-electron chi connectivity index (χ3n) is 3.24. The normalized spacial score (nSPS) is 13.1. The molecule has 3 aromatic rings. The molecular weight excluding hydrogens is 276 g/mol. The number of imidazole rings is 1. The Labute approximate surface area is 118 Å². The second-order valence-electron chi connectivity index (χ2n) is 4.53. The van der Waals surface area contributed by atoms with Crippen molar-refractivity contribution in [2.45, 2.75) is 6.92 Å². The molecule has 1 aliphatic heterocycles. The smallest absolute Gasteiger partial charge is 0.231 e. The van der Waals surface area contributed by atoms with E-state index in [2.05, 4.69) is 4.98 Å². The lowest BCUT2D eigenvalue weighted by Gasteiger charge is -2.01. The van der Waals surface area contributed by atoms with E-state index in [0.717, 1.165) is 27.4 Å². The van der Waals surface area contributed by atoms with Gasteiger partial charge in [0.25, 0.3) is 0 Å². The minimum absolute atomic E-state index is 0.233. The van der Waals surface area contributed by atoms with Crippen LogP contribution in [0.5, 0.6) is 11.5 Å². The number of thiazole rings is 1. The van der Waals surface area contributed by atoms with Crippen LogP contribution in [0.1, 0.15) is 15.4 Å². The maximum Gasteiger partial charge on any atom is 0.231 e. The Kier molecular flexibility index (Phi) is 2.34. The Hall–Kier alpha value is -2.34. The second kappa shape index (κ2) is 4.08. The predicted molar refractivity (Wildman–Crippen MR) is 74.8 cm³/mol. The third-order valence-corrected chi connectivity index (χ3v) is 4.13. The Balaban J connectivity index is 1.93. The highest BCUT2D eigenvalue weighted by molar-refractivity contribution is 7.17. The molecule has 3 heterocycles. The van der Waals surface area contributed by atoms with E-state index in [4.69, 9.17) is 9.47 Å². The van der Waals surface area contributed by atoms with Crippen LogP contribution in [0.3, 0.4) is 0 Å². The minimum Gasteiger partial charge on any atom is -0.454 e. The highest BCUT2D eigenvalue weighted by atomic mass is 32.1. The highest BCUT2D eigenvalue weighted by Gasteiger charge is 2.19. The van der Waals surface area contributed by atoms with E-state index in [1.54, 1.807) is 11.3 Å². The number of hydrogen-bond donors (Lipinski definition) is 0. The molecule has 2 aromatic heterocycles. The van der Waals surface area contributed by atoms with Gasteiger partial charge in [0.15, 0.2) is 22.7 Å². The fourth-order valence-corrected chi connectivity index (χ4v) is 3.17. The first kappa shape index (κ1) is 11.5. The summed E-state index contributed by atoms with van der Waals surface area (Å²) in [6, 6.07) is 5.58. The van der Waals surface area contributed by atoms with Crippen molar-refractivity contribution in [3.8, 4) is 22.8 Å². The van der Waals surface area contributed by atoms with E-state index in [0.29, 0.717) is 17.1 Å². The number of hydrogen-bond acceptors (Lipinski definition) is 5. The average molecular weight is 286 g/mol. The lowest BCUT2D eigenvalue weighted by Crippen LogP contribution is -1.93. The number of fused-ring (bicyclic) bond motifs is 2. The fraction of sp³-hybridized carbons (Fsp3) is 0.143. The molecule has 0 bridgehead atoms. The molecule has 0 aliphatic carbocycles. The lowest BCUT2D eigenvalue weighted by molar-refractivity contribution is 0.111. The number of aldehydes is 1. The van der Waals surface area contributed by atoms with Gasteiger partial charge in [0, 0.05) is 16.6 Å². The van der Waals surface area contributed by atoms with Crippen LogP contribution in [-0.2, 0) is 0 Å². The largest absolute Gasteiger partial charge is 0.454 e. The SMILES string of the molecule is Cc1cn2c(C=O)c(-c3ccc4c(c3)OCO4)nc2s1. The molecule has 1 aromatic carbocycles. The summed E-state index contributed by atoms with van der Waals surface area (Å²) in [7, 11) is 0. The zero-order valence-corrected chi connectivity index (χ0v) is 11.4. The van der Waals surface area contributed by atoms with Crippen LogP contribution in [0.2, 0.25) is 0 Å². The van der Waals surface area contributed by atoms with Crippen molar-refractivity contribution in [1.29, 1.82) is 0 Å². The quantitative estimate of drug-likeness (QED) is 0.680. The van der Waals surface area contributed by atoms with Crippen molar-refractivity contribution < 1.29 is 14.3 Å². The molecule has 0 saturated carbocycles. The van der Waals surface area contributed by atoms with Crippen molar-refractivity contribution in [2.75, 3.05) is 6.79 Å². The van der Waals surface area contributed by atoms with Crippen molar-refractivity contribution >= 4 is 22.6 Å². The molecule has 6 heteroatoms. The summed E-state index contributed by atoms with van der Waals surface area (Å²) < 4.78 is 12.5. The summed E-state index contributed by atoms with van der Waals surface area (Å²) >= 11 is 1.56. The number of ether oxygens (including phenoxy) is 2. The summed E-state index contributed by atoms with van der Waals surface area (Å²) in [5.74, 6) is 1.41. The number of nitrogens with zero attached hydrogens (tertiary/aromatic N) is 2. The summed E-state index contributed by atoms with van der Waals surface area (Å²) in [6.07, 6.45) is 2.76. The van der Waals surface area contributed by atoms with Crippen molar-refractivity contribution in [3.05, 3.63) is 35.0 Å². The Morgan fingerprint density at radius 3 is 3.05 bits per heavy atom. The number of aromatic nitrogens is 2. The molecule has 0 spiro atoms. The molecule has 0 N–H and O–H groups in total. The summed E-state index contributed by atoms with van der Waals surface area (Å²) in [5, 5.41) is 0. The maximum absolute atomic E-state index is 11.4. The van der Waals surface area contributed by atoms with Gasteiger partial charge in [-0.15, -0.1) is 11.3 Å². The molecule has 0 unspecified atom stereocenters. The number of aryl methyl sites for hydroxylation is 1. The molecule has 100 valence electrons. The van der Waals surface area contributed by atoms with E-state index in [1.165, 1.54) is 0 Å². The minimum atomic E-state index is 0.233.